The van der Waals surface area contributed by atoms with Gasteiger partial charge in [0.2, 0.25) is 0 Å². The third-order valence-electron chi connectivity index (χ3n) is 3.68. The van der Waals surface area contributed by atoms with E-state index >= 15 is 0 Å². The average molecular weight is 230 g/mol. The summed E-state index contributed by atoms with van der Waals surface area (Å²) in [6.07, 6.45) is 8.77. The Bertz CT molecular complexity index is 178. The van der Waals surface area contributed by atoms with Crippen LogP contribution in [0.3, 0.4) is 0 Å². The van der Waals surface area contributed by atoms with Crippen molar-refractivity contribution in [2.45, 2.75) is 74.1 Å². The summed E-state index contributed by atoms with van der Waals surface area (Å²) < 4.78 is 0. The summed E-state index contributed by atoms with van der Waals surface area (Å²) in [4.78, 5) is 0. The second-order valence-electron chi connectivity index (χ2n) is 4.92. The van der Waals surface area contributed by atoms with E-state index in [9.17, 15) is 10.2 Å². The minimum atomic E-state index is -0.127. The van der Waals surface area contributed by atoms with Crippen LogP contribution in [0.1, 0.15) is 51.4 Å². The Morgan fingerprint density at radius 2 is 1.07 bits per heavy atom. The normalized spacial score (nSPS) is 42.8. The van der Waals surface area contributed by atoms with Gasteiger partial charge in [0.15, 0.2) is 0 Å². The van der Waals surface area contributed by atoms with E-state index in [0.29, 0.717) is 10.5 Å². The van der Waals surface area contributed by atoms with Crippen LogP contribution in [0.2, 0.25) is 0 Å². The van der Waals surface area contributed by atoms with E-state index in [2.05, 4.69) is 0 Å². The molecule has 2 rings (SSSR count). The van der Waals surface area contributed by atoms with Crippen molar-refractivity contribution >= 4 is 11.8 Å². The van der Waals surface area contributed by atoms with Crippen LogP contribution in [0.4, 0.5) is 0 Å². The molecule has 0 saturated heterocycles. The van der Waals surface area contributed by atoms with E-state index in [1.165, 1.54) is 25.7 Å². The van der Waals surface area contributed by atoms with Crippen molar-refractivity contribution in [1.82, 2.24) is 0 Å². The third kappa shape index (κ3) is 3.11. The summed E-state index contributed by atoms with van der Waals surface area (Å²) in [5, 5.41) is 20.5. The van der Waals surface area contributed by atoms with Crippen molar-refractivity contribution in [3.05, 3.63) is 0 Å². The lowest BCUT2D eigenvalue weighted by atomic mass is 9.97. The maximum atomic E-state index is 9.88. The van der Waals surface area contributed by atoms with Crippen LogP contribution >= 0.6 is 11.8 Å². The molecular weight excluding hydrogens is 208 g/mol. The van der Waals surface area contributed by atoms with Crippen molar-refractivity contribution in [3.8, 4) is 0 Å². The lowest BCUT2D eigenvalue weighted by molar-refractivity contribution is 0.127. The van der Waals surface area contributed by atoms with E-state index in [0.717, 1.165) is 25.7 Å². The molecule has 0 bridgehead atoms. The quantitative estimate of drug-likeness (QED) is 0.765. The summed E-state index contributed by atoms with van der Waals surface area (Å²) >= 11 is 1.86. The fourth-order valence-electron chi connectivity index (χ4n) is 2.70. The fraction of sp³-hybridized carbons (Fsp3) is 1.00. The number of aliphatic hydroxyl groups is 2. The van der Waals surface area contributed by atoms with Gasteiger partial charge in [-0.05, 0) is 25.7 Å². The van der Waals surface area contributed by atoms with Gasteiger partial charge in [0.05, 0.1) is 12.2 Å². The van der Waals surface area contributed by atoms with Gasteiger partial charge in [-0.25, -0.2) is 0 Å². The second kappa shape index (κ2) is 5.55. The Kier molecular flexibility index (Phi) is 4.35. The smallest absolute Gasteiger partial charge is 0.0658 e. The molecule has 88 valence electrons. The molecule has 0 radical (unpaired) electrons. The van der Waals surface area contributed by atoms with Gasteiger partial charge >= 0.3 is 0 Å². The van der Waals surface area contributed by atoms with E-state index in [-0.39, 0.29) is 12.2 Å². The first-order chi connectivity index (χ1) is 7.27. The predicted octanol–water partition coefficient (Wildman–Crippen LogP) is 2.33. The highest BCUT2D eigenvalue weighted by atomic mass is 32.2. The largest absolute Gasteiger partial charge is 0.392 e. The standard InChI is InChI=1S/C12H22O2S/c13-9-5-1-3-7-11(9)15-12-8-4-2-6-10(12)14/h9-14H,1-8H2. The van der Waals surface area contributed by atoms with Crippen LogP contribution in [0.25, 0.3) is 0 Å². The molecule has 0 aliphatic heterocycles. The maximum absolute atomic E-state index is 9.88. The Balaban J connectivity index is 1.83. The first-order valence-corrected chi connectivity index (χ1v) is 7.23. The lowest BCUT2D eigenvalue weighted by Crippen LogP contribution is -2.34. The van der Waals surface area contributed by atoms with E-state index in [1.54, 1.807) is 0 Å². The number of hydrogen-bond acceptors (Lipinski definition) is 3. The molecule has 4 atom stereocenters. The molecule has 2 aliphatic rings. The lowest BCUT2D eigenvalue weighted by Gasteiger charge is -2.34. The van der Waals surface area contributed by atoms with Gasteiger partial charge < -0.3 is 10.2 Å². The second-order valence-corrected chi connectivity index (χ2v) is 6.40. The molecule has 0 aromatic heterocycles. The number of thioether (sulfide) groups is 1. The van der Waals surface area contributed by atoms with Crippen molar-refractivity contribution in [2.75, 3.05) is 0 Å². The summed E-state index contributed by atoms with van der Waals surface area (Å²) in [6, 6.07) is 0. The summed E-state index contributed by atoms with van der Waals surface area (Å²) in [5.74, 6) is 0. The molecule has 0 aromatic carbocycles. The highest BCUT2D eigenvalue weighted by Crippen LogP contribution is 2.37. The number of aliphatic hydroxyl groups excluding tert-OH is 2. The third-order valence-corrected chi connectivity index (χ3v) is 5.48. The molecule has 2 fully saturated rings. The predicted molar refractivity (Wildman–Crippen MR) is 64.1 cm³/mol. The minimum Gasteiger partial charge on any atom is -0.392 e. The molecule has 4 unspecified atom stereocenters. The Morgan fingerprint density at radius 3 is 1.47 bits per heavy atom. The highest BCUT2D eigenvalue weighted by molar-refractivity contribution is 8.00. The van der Waals surface area contributed by atoms with Crippen molar-refractivity contribution in [3.63, 3.8) is 0 Å². The summed E-state index contributed by atoms with van der Waals surface area (Å²) in [7, 11) is 0. The van der Waals surface area contributed by atoms with Crippen molar-refractivity contribution in [2.24, 2.45) is 0 Å². The van der Waals surface area contributed by atoms with Crippen molar-refractivity contribution < 1.29 is 10.2 Å². The topological polar surface area (TPSA) is 40.5 Å². The zero-order valence-electron chi connectivity index (χ0n) is 9.27. The van der Waals surface area contributed by atoms with Gasteiger partial charge in [0.25, 0.3) is 0 Å². The van der Waals surface area contributed by atoms with Crippen LogP contribution in [0, 0.1) is 0 Å². The summed E-state index contributed by atoms with van der Waals surface area (Å²) in [6.45, 7) is 0. The zero-order valence-corrected chi connectivity index (χ0v) is 10.1. The molecule has 2 aliphatic carbocycles. The molecular formula is C12H22O2S. The van der Waals surface area contributed by atoms with Crippen molar-refractivity contribution in [1.29, 1.82) is 0 Å². The molecule has 15 heavy (non-hydrogen) atoms. The molecule has 2 saturated carbocycles. The Morgan fingerprint density at radius 1 is 0.667 bits per heavy atom. The summed E-state index contributed by atoms with van der Waals surface area (Å²) in [5.41, 5.74) is 0. The molecule has 0 aromatic rings. The van der Waals surface area contributed by atoms with Gasteiger partial charge in [-0.1, -0.05) is 25.7 Å². The van der Waals surface area contributed by atoms with E-state index in [1.807, 2.05) is 11.8 Å². The maximum Gasteiger partial charge on any atom is 0.0658 e. The fourth-order valence-corrected chi connectivity index (χ4v) is 4.39. The SMILES string of the molecule is OC1CCCCC1SC1CCCCC1O. The van der Waals surface area contributed by atoms with Gasteiger partial charge in [-0.3, -0.25) is 0 Å². The van der Waals surface area contributed by atoms with Crippen LogP contribution < -0.4 is 0 Å². The van der Waals surface area contributed by atoms with Gasteiger partial charge in [0.1, 0.15) is 0 Å². The minimum absolute atomic E-state index is 0.127. The average Bonchev–Trinajstić information content (AvgIpc) is 2.24. The van der Waals surface area contributed by atoms with Gasteiger partial charge in [-0.15, -0.1) is 11.8 Å². The Labute approximate surface area is 96.5 Å². The first kappa shape index (κ1) is 11.7. The van der Waals surface area contributed by atoms with Gasteiger partial charge in [-0.2, -0.15) is 0 Å². The molecule has 0 spiro atoms. The molecule has 0 amide bonds. The van der Waals surface area contributed by atoms with Crippen LogP contribution in [0.5, 0.6) is 0 Å². The van der Waals surface area contributed by atoms with Crippen LogP contribution in [-0.2, 0) is 0 Å². The van der Waals surface area contributed by atoms with Crippen LogP contribution in [-0.4, -0.2) is 32.9 Å². The molecule has 0 heterocycles. The Hall–Kier alpha value is 0.270. The number of hydrogen-bond donors (Lipinski definition) is 2. The molecule has 3 heteroatoms. The van der Waals surface area contributed by atoms with Gasteiger partial charge in [0, 0.05) is 10.5 Å². The number of rotatable bonds is 2. The first-order valence-electron chi connectivity index (χ1n) is 6.29. The zero-order chi connectivity index (χ0) is 10.7. The van der Waals surface area contributed by atoms with E-state index < -0.39 is 0 Å². The highest BCUT2D eigenvalue weighted by Gasteiger charge is 2.30. The molecule has 2 N–H and O–H groups in total. The van der Waals surface area contributed by atoms with E-state index in [4.69, 9.17) is 0 Å². The molecule has 2 nitrogen and oxygen atoms in total. The monoisotopic (exact) mass is 230 g/mol. The van der Waals surface area contributed by atoms with Crippen LogP contribution in [0.15, 0.2) is 0 Å².